The molecule has 0 saturated heterocycles. The Balaban J connectivity index is 1.54. The quantitative estimate of drug-likeness (QED) is 0.447. The summed E-state index contributed by atoms with van der Waals surface area (Å²) in [4.78, 5) is 2.19. The molecule has 0 unspecified atom stereocenters. The summed E-state index contributed by atoms with van der Waals surface area (Å²) in [5.74, 6) is 1.70. The van der Waals surface area contributed by atoms with Crippen LogP contribution < -0.4 is 4.72 Å². The fraction of sp³-hybridized carbons (Fsp3) is 0.368. The van der Waals surface area contributed by atoms with Gasteiger partial charge in [0.15, 0.2) is 0 Å². The van der Waals surface area contributed by atoms with E-state index in [1.165, 1.54) is 29.0 Å². The van der Waals surface area contributed by atoms with Crippen molar-refractivity contribution in [2.45, 2.75) is 41.1 Å². The highest BCUT2D eigenvalue weighted by Crippen LogP contribution is 2.76. The topological polar surface area (TPSA) is 12.0 Å². The monoisotopic (exact) mass is 381 g/mol. The van der Waals surface area contributed by atoms with Crippen molar-refractivity contribution >= 4 is 29.4 Å². The Morgan fingerprint density at radius 3 is 2.28 bits per heavy atom. The zero-order valence-electron chi connectivity index (χ0n) is 13.7. The summed E-state index contributed by atoms with van der Waals surface area (Å²) in [5.41, 5.74) is 1.21. The van der Waals surface area contributed by atoms with Crippen LogP contribution in [0.25, 0.3) is 0 Å². The SMILES string of the molecule is CCSc1ccc(SNc2cc(C(F)(F)F)ccc2C23CC2C3)cc1. The Morgan fingerprint density at radius 2 is 1.72 bits per heavy atom. The number of benzene rings is 2. The van der Waals surface area contributed by atoms with Crippen molar-refractivity contribution in [1.82, 2.24) is 0 Å². The zero-order chi connectivity index (χ0) is 17.7. The molecule has 2 aromatic carbocycles. The van der Waals surface area contributed by atoms with E-state index in [0.29, 0.717) is 11.6 Å². The van der Waals surface area contributed by atoms with Gasteiger partial charge in [-0.3, -0.25) is 0 Å². The number of anilines is 1. The summed E-state index contributed by atoms with van der Waals surface area (Å²) in [6, 6.07) is 12.2. The third kappa shape index (κ3) is 3.38. The molecule has 132 valence electrons. The van der Waals surface area contributed by atoms with E-state index >= 15 is 0 Å². The summed E-state index contributed by atoms with van der Waals surface area (Å²) in [7, 11) is 0. The number of halogens is 3. The van der Waals surface area contributed by atoms with E-state index in [9.17, 15) is 13.2 Å². The molecule has 25 heavy (non-hydrogen) atoms. The molecule has 0 aromatic heterocycles. The lowest BCUT2D eigenvalue weighted by Crippen LogP contribution is -2.08. The number of hydrogen-bond donors (Lipinski definition) is 1. The molecule has 2 aliphatic rings. The first-order valence-electron chi connectivity index (χ1n) is 8.30. The van der Waals surface area contributed by atoms with E-state index in [2.05, 4.69) is 11.6 Å². The minimum atomic E-state index is -4.32. The molecule has 4 rings (SSSR count). The number of nitrogens with one attached hydrogen (secondary N) is 1. The number of rotatable bonds is 6. The van der Waals surface area contributed by atoms with Gasteiger partial charge in [-0.2, -0.15) is 13.2 Å². The van der Waals surface area contributed by atoms with Crippen molar-refractivity contribution in [3.63, 3.8) is 0 Å². The average Bonchev–Trinajstić information content (AvgIpc) is 3.44. The first-order valence-corrected chi connectivity index (χ1v) is 10.1. The van der Waals surface area contributed by atoms with Crippen LogP contribution in [0.3, 0.4) is 0 Å². The third-order valence-corrected chi connectivity index (χ3v) is 6.70. The molecule has 0 radical (unpaired) electrons. The van der Waals surface area contributed by atoms with E-state index in [1.807, 2.05) is 24.3 Å². The van der Waals surface area contributed by atoms with Crippen LogP contribution in [0.15, 0.2) is 52.3 Å². The molecular formula is C19H18F3NS2. The Kier molecular flexibility index (Phi) is 4.23. The summed E-state index contributed by atoms with van der Waals surface area (Å²) in [5, 5.41) is 0. The van der Waals surface area contributed by atoms with Gasteiger partial charge in [-0.05, 0) is 78.4 Å². The lowest BCUT2D eigenvalue weighted by Gasteiger charge is -2.16. The minimum absolute atomic E-state index is 0.161. The van der Waals surface area contributed by atoms with Crippen LogP contribution in [0, 0.1) is 5.92 Å². The lowest BCUT2D eigenvalue weighted by molar-refractivity contribution is -0.137. The normalized spacial score (nSPS) is 23.9. The summed E-state index contributed by atoms with van der Waals surface area (Å²) >= 11 is 3.14. The Hall–Kier alpha value is -1.27. The van der Waals surface area contributed by atoms with Gasteiger partial charge in [-0.15, -0.1) is 11.8 Å². The highest BCUT2D eigenvalue weighted by atomic mass is 32.2. The molecule has 0 bridgehead atoms. The fourth-order valence-electron chi connectivity index (χ4n) is 3.27. The lowest BCUT2D eigenvalue weighted by atomic mass is 9.99. The highest BCUT2D eigenvalue weighted by molar-refractivity contribution is 8.00. The van der Waals surface area contributed by atoms with Crippen molar-refractivity contribution in [1.29, 1.82) is 0 Å². The van der Waals surface area contributed by atoms with E-state index in [0.717, 1.165) is 29.1 Å². The third-order valence-electron chi connectivity index (χ3n) is 4.98. The Bertz CT molecular complexity index is 780. The van der Waals surface area contributed by atoms with Crippen LogP contribution in [0.4, 0.5) is 18.9 Å². The zero-order valence-corrected chi connectivity index (χ0v) is 15.3. The van der Waals surface area contributed by atoms with Crippen molar-refractivity contribution in [3.05, 3.63) is 53.6 Å². The smallest absolute Gasteiger partial charge is 0.325 e. The predicted molar refractivity (Wildman–Crippen MR) is 98.2 cm³/mol. The van der Waals surface area contributed by atoms with E-state index in [-0.39, 0.29) is 5.41 Å². The van der Waals surface area contributed by atoms with Gasteiger partial charge in [-0.1, -0.05) is 13.0 Å². The molecule has 0 amide bonds. The highest BCUT2D eigenvalue weighted by Gasteiger charge is 2.70. The van der Waals surface area contributed by atoms with Crippen LogP contribution in [-0.4, -0.2) is 5.75 Å². The Morgan fingerprint density at radius 1 is 1.08 bits per heavy atom. The molecular weight excluding hydrogens is 363 g/mol. The van der Waals surface area contributed by atoms with Crippen LogP contribution in [0.1, 0.15) is 30.9 Å². The molecule has 0 spiro atoms. The second-order valence-corrected chi connectivity index (χ2v) is 8.85. The van der Waals surface area contributed by atoms with Crippen LogP contribution in [-0.2, 0) is 11.6 Å². The van der Waals surface area contributed by atoms with Crippen molar-refractivity contribution in [2.24, 2.45) is 5.92 Å². The number of fused-ring (bicyclic) bond motifs is 1. The maximum absolute atomic E-state index is 13.1. The molecule has 2 aliphatic carbocycles. The van der Waals surface area contributed by atoms with E-state index < -0.39 is 11.7 Å². The molecule has 2 saturated carbocycles. The van der Waals surface area contributed by atoms with Crippen molar-refractivity contribution in [2.75, 3.05) is 10.5 Å². The maximum Gasteiger partial charge on any atom is 0.416 e. The largest absolute Gasteiger partial charge is 0.416 e. The first-order chi connectivity index (χ1) is 11.9. The predicted octanol–water partition coefficient (Wildman–Crippen LogP) is 6.60. The Labute approximate surface area is 153 Å². The van der Waals surface area contributed by atoms with Crippen LogP contribution in [0.2, 0.25) is 0 Å². The van der Waals surface area contributed by atoms with Gasteiger partial charge in [-0.25, -0.2) is 0 Å². The summed E-state index contributed by atoms with van der Waals surface area (Å²) in [6.45, 7) is 2.10. The van der Waals surface area contributed by atoms with Crippen molar-refractivity contribution < 1.29 is 13.2 Å². The number of thioether (sulfide) groups is 1. The van der Waals surface area contributed by atoms with Gasteiger partial charge in [0.25, 0.3) is 0 Å². The molecule has 1 nitrogen and oxygen atoms in total. The van der Waals surface area contributed by atoms with Gasteiger partial charge in [0, 0.05) is 20.9 Å². The molecule has 2 aromatic rings. The van der Waals surface area contributed by atoms with Gasteiger partial charge >= 0.3 is 6.18 Å². The average molecular weight is 381 g/mol. The first kappa shape index (κ1) is 17.2. The van der Waals surface area contributed by atoms with Gasteiger partial charge in [0.1, 0.15) is 0 Å². The van der Waals surface area contributed by atoms with Crippen LogP contribution >= 0.6 is 23.7 Å². The summed E-state index contributed by atoms with van der Waals surface area (Å²) < 4.78 is 42.4. The van der Waals surface area contributed by atoms with E-state index in [4.69, 9.17) is 0 Å². The van der Waals surface area contributed by atoms with Gasteiger partial charge < -0.3 is 4.72 Å². The molecule has 2 fully saturated rings. The molecule has 0 heterocycles. The second kappa shape index (κ2) is 6.16. The van der Waals surface area contributed by atoms with Crippen molar-refractivity contribution in [3.8, 4) is 0 Å². The van der Waals surface area contributed by atoms with Crippen LogP contribution in [0.5, 0.6) is 0 Å². The molecule has 0 atom stereocenters. The summed E-state index contributed by atoms with van der Waals surface area (Å²) in [6.07, 6.45) is -2.09. The van der Waals surface area contributed by atoms with Gasteiger partial charge in [0.2, 0.25) is 0 Å². The number of alkyl halides is 3. The second-order valence-electron chi connectivity index (χ2n) is 6.63. The molecule has 6 heteroatoms. The van der Waals surface area contributed by atoms with E-state index in [1.54, 1.807) is 17.8 Å². The minimum Gasteiger partial charge on any atom is -0.325 e. The standard InChI is InChI=1S/C19H18F3NS2/c1-2-24-14-4-6-15(7-5-14)25-23-17-9-12(19(20,21)22)3-8-16(17)18-10-13(18)11-18/h3-9,13,23H,2,10-11H2,1H3. The maximum atomic E-state index is 13.1. The fourth-order valence-corrected chi connectivity index (χ4v) is 4.60. The molecule has 1 N–H and O–H groups in total. The van der Waals surface area contributed by atoms with Gasteiger partial charge in [0.05, 0.1) is 5.56 Å². The number of hydrogen-bond acceptors (Lipinski definition) is 3. The molecule has 0 aliphatic heterocycles.